The smallest absolute Gasteiger partial charge is 0.338 e. The summed E-state index contributed by atoms with van der Waals surface area (Å²) >= 11 is 0. The molecule has 34 heavy (non-hydrogen) atoms. The number of aromatic nitrogens is 2. The van der Waals surface area contributed by atoms with Crippen LogP contribution in [-0.4, -0.2) is 72.7 Å². The molecule has 1 aromatic heterocycles. The van der Waals surface area contributed by atoms with Crippen LogP contribution in [0.15, 0.2) is 64.0 Å². The Hall–Kier alpha value is -3.22. The largest absolute Gasteiger partial charge is 0.341 e. The molecule has 0 spiro atoms. The first-order valence-corrected chi connectivity index (χ1v) is 12.1. The van der Waals surface area contributed by atoms with E-state index in [2.05, 4.69) is 20.4 Å². The minimum absolute atomic E-state index is 0.00954. The van der Waals surface area contributed by atoms with Gasteiger partial charge in [-0.3, -0.25) is 14.6 Å². The van der Waals surface area contributed by atoms with Gasteiger partial charge in [-0.1, -0.05) is 47.6 Å². The van der Waals surface area contributed by atoms with Crippen LogP contribution in [0.5, 0.6) is 0 Å². The Morgan fingerprint density at radius 3 is 2.35 bits per heavy atom. The fourth-order valence-corrected chi connectivity index (χ4v) is 4.51. The minimum atomic E-state index is -4.83. The highest BCUT2D eigenvalue weighted by Gasteiger charge is 2.30. The SMILES string of the molecule is O=C(CN1CCN(Cc2nc(-c3ccccc3)no2)CC1)Nc1ccccc1S(=O)(=O)C(F)F. The third-order valence-electron chi connectivity index (χ3n) is 5.39. The fraction of sp³-hybridized carbons (Fsp3) is 0.318. The second-order valence-electron chi connectivity index (χ2n) is 7.78. The normalized spacial score (nSPS) is 15.5. The van der Waals surface area contributed by atoms with E-state index in [1.807, 2.05) is 35.2 Å². The number of piperazine rings is 1. The number of hydrogen-bond acceptors (Lipinski definition) is 8. The molecule has 0 aliphatic carbocycles. The fourth-order valence-electron chi connectivity index (χ4n) is 3.63. The van der Waals surface area contributed by atoms with Crippen molar-refractivity contribution in [2.45, 2.75) is 17.2 Å². The molecule has 0 radical (unpaired) electrons. The first kappa shape index (κ1) is 23.9. The molecule has 4 rings (SSSR count). The highest BCUT2D eigenvalue weighted by atomic mass is 32.2. The van der Waals surface area contributed by atoms with Crippen molar-refractivity contribution in [1.29, 1.82) is 0 Å². The Bertz CT molecular complexity index is 1230. The quantitative estimate of drug-likeness (QED) is 0.512. The van der Waals surface area contributed by atoms with Crippen LogP contribution in [-0.2, 0) is 21.2 Å². The van der Waals surface area contributed by atoms with Crippen LogP contribution in [0.2, 0.25) is 0 Å². The van der Waals surface area contributed by atoms with E-state index in [0.29, 0.717) is 44.4 Å². The van der Waals surface area contributed by atoms with Crippen molar-refractivity contribution >= 4 is 21.4 Å². The number of hydrogen-bond donors (Lipinski definition) is 1. The zero-order chi connectivity index (χ0) is 24.1. The lowest BCUT2D eigenvalue weighted by Crippen LogP contribution is -2.48. The lowest BCUT2D eigenvalue weighted by molar-refractivity contribution is -0.117. The highest BCUT2D eigenvalue weighted by molar-refractivity contribution is 7.91. The molecule has 2 heterocycles. The first-order valence-electron chi connectivity index (χ1n) is 10.6. The number of nitrogens with zero attached hydrogens (tertiary/aromatic N) is 4. The van der Waals surface area contributed by atoms with Crippen molar-refractivity contribution in [1.82, 2.24) is 19.9 Å². The van der Waals surface area contributed by atoms with Gasteiger partial charge in [0.25, 0.3) is 0 Å². The average Bonchev–Trinajstić information content (AvgIpc) is 3.29. The van der Waals surface area contributed by atoms with Gasteiger partial charge >= 0.3 is 5.76 Å². The molecule has 1 aliphatic heterocycles. The maximum Gasteiger partial charge on any atom is 0.341 e. The summed E-state index contributed by atoms with van der Waals surface area (Å²) in [7, 11) is -4.83. The lowest BCUT2D eigenvalue weighted by Gasteiger charge is -2.33. The van der Waals surface area contributed by atoms with E-state index >= 15 is 0 Å². The molecule has 9 nitrogen and oxygen atoms in total. The Labute approximate surface area is 195 Å². The van der Waals surface area contributed by atoms with Crippen LogP contribution in [0.1, 0.15) is 5.89 Å². The molecule has 3 aromatic rings. The number of rotatable bonds is 8. The zero-order valence-electron chi connectivity index (χ0n) is 18.1. The van der Waals surface area contributed by atoms with Gasteiger partial charge < -0.3 is 9.84 Å². The van der Waals surface area contributed by atoms with Gasteiger partial charge in [0, 0.05) is 31.7 Å². The number of anilines is 1. The number of amides is 1. The second kappa shape index (κ2) is 10.4. The molecule has 12 heteroatoms. The van der Waals surface area contributed by atoms with Crippen LogP contribution in [0.25, 0.3) is 11.4 Å². The molecule has 1 N–H and O–H groups in total. The molecule has 0 unspecified atom stereocenters. The monoisotopic (exact) mass is 491 g/mol. The van der Waals surface area contributed by atoms with E-state index in [9.17, 15) is 22.0 Å². The first-order chi connectivity index (χ1) is 16.3. The number of benzene rings is 2. The Morgan fingerprint density at radius 1 is 1.00 bits per heavy atom. The Kier molecular flexibility index (Phi) is 7.29. The number of carbonyl (C=O) groups excluding carboxylic acids is 1. The van der Waals surface area contributed by atoms with E-state index in [4.69, 9.17) is 4.52 Å². The zero-order valence-corrected chi connectivity index (χ0v) is 18.9. The van der Waals surface area contributed by atoms with Crippen molar-refractivity contribution in [3.63, 3.8) is 0 Å². The van der Waals surface area contributed by atoms with Gasteiger partial charge in [0.1, 0.15) is 0 Å². The number of para-hydroxylation sites is 1. The van der Waals surface area contributed by atoms with Crippen molar-refractivity contribution < 1.29 is 26.5 Å². The standard InChI is InChI=1S/C22H23F2N5O4S/c23-22(24)34(31,32)18-9-5-4-8-17(18)25-19(30)14-28-10-12-29(13-11-28)15-20-26-21(27-33-20)16-6-2-1-3-7-16/h1-9,22H,10-15H2,(H,25,30). The van der Waals surface area contributed by atoms with E-state index in [1.165, 1.54) is 18.2 Å². The van der Waals surface area contributed by atoms with Gasteiger partial charge in [0.15, 0.2) is 0 Å². The summed E-state index contributed by atoms with van der Waals surface area (Å²) in [4.78, 5) is 20.3. The van der Waals surface area contributed by atoms with E-state index in [1.54, 1.807) is 0 Å². The molecular formula is C22H23F2N5O4S. The molecular weight excluding hydrogens is 468 g/mol. The van der Waals surface area contributed by atoms with Crippen molar-refractivity contribution in [2.24, 2.45) is 0 Å². The van der Waals surface area contributed by atoms with E-state index in [-0.39, 0.29) is 12.2 Å². The van der Waals surface area contributed by atoms with Crippen LogP contribution < -0.4 is 5.32 Å². The van der Waals surface area contributed by atoms with E-state index < -0.39 is 26.4 Å². The van der Waals surface area contributed by atoms with Crippen LogP contribution in [0, 0.1) is 0 Å². The molecule has 1 saturated heterocycles. The highest BCUT2D eigenvalue weighted by Crippen LogP contribution is 2.26. The minimum Gasteiger partial charge on any atom is -0.338 e. The topological polar surface area (TPSA) is 109 Å². The molecule has 0 atom stereocenters. The number of nitrogens with one attached hydrogen (secondary N) is 1. The summed E-state index contributed by atoms with van der Waals surface area (Å²) in [5.74, 6) is -3.02. The van der Waals surface area contributed by atoms with Gasteiger partial charge in [-0.2, -0.15) is 13.8 Å². The van der Waals surface area contributed by atoms with Gasteiger partial charge in [-0.25, -0.2) is 8.42 Å². The molecule has 180 valence electrons. The third kappa shape index (κ3) is 5.64. The van der Waals surface area contributed by atoms with Crippen LogP contribution >= 0.6 is 0 Å². The van der Waals surface area contributed by atoms with Gasteiger partial charge in [0.05, 0.1) is 23.7 Å². The number of carbonyl (C=O) groups is 1. The average molecular weight is 492 g/mol. The van der Waals surface area contributed by atoms with Crippen LogP contribution in [0.3, 0.4) is 0 Å². The molecule has 1 aliphatic rings. The summed E-state index contributed by atoms with van der Waals surface area (Å²) in [5, 5.41) is 6.46. The summed E-state index contributed by atoms with van der Waals surface area (Å²) in [5.41, 5.74) is 0.716. The number of sulfone groups is 1. The second-order valence-corrected chi connectivity index (χ2v) is 9.67. The molecule has 1 amide bonds. The van der Waals surface area contributed by atoms with Gasteiger partial charge in [-0.15, -0.1) is 0 Å². The predicted molar refractivity (Wildman–Crippen MR) is 120 cm³/mol. The Morgan fingerprint density at radius 2 is 1.65 bits per heavy atom. The van der Waals surface area contributed by atoms with E-state index in [0.717, 1.165) is 11.6 Å². The summed E-state index contributed by atoms with van der Waals surface area (Å²) < 4.78 is 54.9. The maximum atomic E-state index is 12.9. The molecule has 2 aromatic carbocycles. The molecule has 1 fully saturated rings. The van der Waals surface area contributed by atoms with Crippen molar-refractivity contribution in [2.75, 3.05) is 38.0 Å². The molecule has 0 bridgehead atoms. The lowest BCUT2D eigenvalue weighted by atomic mass is 10.2. The predicted octanol–water partition coefficient (Wildman–Crippen LogP) is 2.49. The Balaban J connectivity index is 1.28. The maximum absolute atomic E-state index is 12.9. The number of halogens is 2. The van der Waals surface area contributed by atoms with Gasteiger partial charge in [-0.05, 0) is 12.1 Å². The summed E-state index contributed by atoms with van der Waals surface area (Å²) in [6.45, 7) is 2.99. The summed E-state index contributed by atoms with van der Waals surface area (Å²) in [6.07, 6.45) is 0. The van der Waals surface area contributed by atoms with Crippen LogP contribution in [0.4, 0.5) is 14.5 Å². The third-order valence-corrected chi connectivity index (χ3v) is 6.83. The van der Waals surface area contributed by atoms with Gasteiger partial charge in [0.2, 0.25) is 27.5 Å². The number of alkyl halides is 2. The van der Waals surface area contributed by atoms with Crippen molar-refractivity contribution in [3.05, 3.63) is 60.5 Å². The summed E-state index contributed by atoms with van der Waals surface area (Å²) in [6, 6.07) is 14.7. The molecule has 0 saturated carbocycles. The van der Waals surface area contributed by atoms with Crippen molar-refractivity contribution in [3.8, 4) is 11.4 Å².